The van der Waals surface area contributed by atoms with Crippen molar-refractivity contribution in [1.29, 1.82) is 0 Å². The third-order valence-corrected chi connectivity index (χ3v) is 6.97. The molecule has 1 aliphatic rings. The van der Waals surface area contributed by atoms with Gasteiger partial charge in [0, 0.05) is 11.6 Å². The molecule has 3 heterocycles. The number of hydrogen-bond donors (Lipinski definition) is 4. The molecule has 1 aromatic carbocycles. The van der Waals surface area contributed by atoms with Crippen molar-refractivity contribution >= 4 is 49.5 Å². The number of nitrogens with two attached hydrogens (primary N) is 2. The van der Waals surface area contributed by atoms with Gasteiger partial charge in [0.05, 0.1) is 27.5 Å². The van der Waals surface area contributed by atoms with Crippen LogP contribution in [0.15, 0.2) is 47.3 Å². The molecule has 1 aliphatic carbocycles. The van der Waals surface area contributed by atoms with Crippen molar-refractivity contribution in [2.75, 3.05) is 11.5 Å². The van der Waals surface area contributed by atoms with Gasteiger partial charge in [-0.1, -0.05) is 12.1 Å². The first-order chi connectivity index (χ1) is 14.9. The molecule has 3 aromatic heterocycles. The number of rotatable bonds is 4. The van der Waals surface area contributed by atoms with Crippen LogP contribution in [0.2, 0.25) is 0 Å². The molecule has 31 heavy (non-hydrogen) atoms. The summed E-state index contributed by atoms with van der Waals surface area (Å²) in [5, 5.41) is 23.2. The van der Waals surface area contributed by atoms with Gasteiger partial charge >= 0.3 is 0 Å². The Morgan fingerprint density at radius 3 is 2.74 bits per heavy atom. The van der Waals surface area contributed by atoms with Crippen LogP contribution in [0.4, 0.5) is 11.6 Å². The van der Waals surface area contributed by atoms with Crippen molar-refractivity contribution in [1.82, 2.24) is 19.5 Å². The fraction of sp³-hybridized carbons (Fsp3) is 0.318. The van der Waals surface area contributed by atoms with Gasteiger partial charge in [-0.3, -0.25) is 0 Å². The van der Waals surface area contributed by atoms with E-state index in [2.05, 4.69) is 36.9 Å². The number of hydrogen-bond acceptors (Lipinski definition) is 7. The predicted molar refractivity (Wildman–Crippen MR) is 123 cm³/mol. The summed E-state index contributed by atoms with van der Waals surface area (Å²) in [5.74, 6) is 0.839. The Labute approximate surface area is 187 Å². The normalized spacial score (nSPS) is 23.7. The molecule has 0 saturated heterocycles. The van der Waals surface area contributed by atoms with Gasteiger partial charge in [0.15, 0.2) is 0 Å². The zero-order valence-corrected chi connectivity index (χ0v) is 18.3. The van der Waals surface area contributed by atoms with Crippen LogP contribution in [-0.2, 0) is 6.42 Å². The highest BCUT2D eigenvalue weighted by Crippen LogP contribution is 2.39. The number of fused-ring (bicyclic) bond motifs is 2. The lowest BCUT2D eigenvalue weighted by Crippen LogP contribution is -2.29. The summed E-state index contributed by atoms with van der Waals surface area (Å²) in [7, 11) is 0. The molecular formula is C22H23BrN6O2. The third-order valence-electron chi connectivity index (χ3n) is 6.34. The molecule has 4 atom stereocenters. The molecule has 1 fully saturated rings. The lowest BCUT2D eigenvalue weighted by atomic mass is 9.95. The molecule has 0 spiro atoms. The second kappa shape index (κ2) is 7.74. The highest BCUT2D eigenvalue weighted by Gasteiger charge is 2.42. The van der Waals surface area contributed by atoms with Gasteiger partial charge in [0.1, 0.15) is 29.7 Å². The lowest BCUT2D eigenvalue weighted by molar-refractivity contribution is 0.00545. The molecule has 0 radical (unpaired) electrons. The maximum atomic E-state index is 10.7. The van der Waals surface area contributed by atoms with Crippen LogP contribution < -0.4 is 11.5 Å². The first-order valence-electron chi connectivity index (χ1n) is 10.2. The van der Waals surface area contributed by atoms with Crippen LogP contribution in [-0.4, -0.2) is 41.9 Å². The van der Waals surface area contributed by atoms with Gasteiger partial charge < -0.3 is 26.2 Å². The summed E-state index contributed by atoms with van der Waals surface area (Å²) in [5.41, 5.74) is 14.5. The largest absolute Gasteiger partial charge is 0.390 e. The Morgan fingerprint density at radius 1 is 1.06 bits per heavy atom. The zero-order chi connectivity index (χ0) is 21.7. The number of nitrogens with zero attached hydrogens (tertiary/aromatic N) is 4. The second-order valence-electron chi connectivity index (χ2n) is 8.18. The molecule has 6 N–H and O–H groups in total. The fourth-order valence-electron chi connectivity index (χ4n) is 4.63. The van der Waals surface area contributed by atoms with E-state index in [4.69, 9.17) is 11.5 Å². The van der Waals surface area contributed by atoms with Crippen molar-refractivity contribution in [3.63, 3.8) is 0 Å². The number of aliphatic hydroxyl groups excluding tert-OH is 2. The summed E-state index contributed by atoms with van der Waals surface area (Å²) in [6.07, 6.45) is 3.79. The maximum absolute atomic E-state index is 10.7. The molecule has 5 rings (SSSR count). The van der Waals surface area contributed by atoms with Gasteiger partial charge in [0.25, 0.3) is 0 Å². The standard InChI is InChI=1S/C22H23BrN6O2/c23-15-8-12-3-1-11(7-16(12)28-21(15)25)2-4-13-9-17(19(31)18(13)30)29-6-5-14-20(24)26-10-27-22(14)29/h1,3,5-8,10,13,17-19,30-31H,2,4,9H2,(H2,25,28)(H2,24,26,27)/t13-,17+,18?,19?/m0/s1. The number of aliphatic hydroxyl groups is 2. The molecule has 1 saturated carbocycles. The minimum atomic E-state index is -0.868. The summed E-state index contributed by atoms with van der Waals surface area (Å²) in [6.45, 7) is 0. The topological polar surface area (TPSA) is 136 Å². The molecule has 0 aliphatic heterocycles. The quantitative estimate of drug-likeness (QED) is 0.351. The first kappa shape index (κ1) is 20.2. The fourth-order valence-corrected chi connectivity index (χ4v) is 4.96. The van der Waals surface area contributed by atoms with Gasteiger partial charge in [-0.15, -0.1) is 0 Å². The van der Waals surface area contributed by atoms with E-state index in [9.17, 15) is 10.2 Å². The maximum Gasteiger partial charge on any atom is 0.145 e. The van der Waals surface area contributed by atoms with E-state index in [1.807, 2.05) is 35.0 Å². The summed E-state index contributed by atoms with van der Waals surface area (Å²) < 4.78 is 2.69. The molecule has 160 valence electrons. The van der Waals surface area contributed by atoms with E-state index < -0.39 is 12.2 Å². The van der Waals surface area contributed by atoms with Crippen molar-refractivity contribution in [2.24, 2.45) is 5.92 Å². The van der Waals surface area contributed by atoms with Gasteiger partial charge in [0.2, 0.25) is 0 Å². The minimum absolute atomic E-state index is 0.0322. The average molecular weight is 483 g/mol. The first-order valence-corrected chi connectivity index (χ1v) is 11.0. The number of nitrogen functional groups attached to an aromatic ring is 2. The number of aromatic nitrogens is 4. The Balaban J connectivity index is 1.34. The van der Waals surface area contributed by atoms with Gasteiger partial charge in [-0.05, 0) is 64.9 Å². The van der Waals surface area contributed by atoms with Crippen LogP contribution in [0.5, 0.6) is 0 Å². The second-order valence-corrected chi connectivity index (χ2v) is 9.04. The molecule has 0 bridgehead atoms. The van der Waals surface area contributed by atoms with E-state index in [1.54, 1.807) is 0 Å². The van der Waals surface area contributed by atoms with E-state index in [0.717, 1.165) is 39.2 Å². The summed E-state index contributed by atoms with van der Waals surface area (Å²) in [6, 6.07) is 9.68. The Kier molecular flexibility index (Phi) is 5.04. The zero-order valence-electron chi connectivity index (χ0n) is 16.7. The predicted octanol–water partition coefficient (Wildman–Crippen LogP) is 2.82. The van der Waals surface area contributed by atoms with E-state index >= 15 is 0 Å². The Morgan fingerprint density at radius 2 is 1.90 bits per heavy atom. The highest BCUT2D eigenvalue weighted by atomic mass is 79.9. The van der Waals surface area contributed by atoms with Gasteiger partial charge in [-0.25, -0.2) is 15.0 Å². The van der Waals surface area contributed by atoms with E-state index in [-0.39, 0.29) is 12.0 Å². The van der Waals surface area contributed by atoms with Crippen LogP contribution in [0, 0.1) is 5.92 Å². The number of aryl methyl sites for hydroxylation is 1. The summed E-state index contributed by atoms with van der Waals surface area (Å²) in [4.78, 5) is 12.8. The lowest BCUT2D eigenvalue weighted by Gasteiger charge is -2.19. The van der Waals surface area contributed by atoms with Crippen LogP contribution in [0.25, 0.3) is 21.9 Å². The number of anilines is 2. The van der Waals surface area contributed by atoms with Crippen LogP contribution in [0.1, 0.15) is 24.4 Å². The van der Waals surface area contributed by atoms with Crippen LogP contribution in [0.3, 0.4) is 0 Å². The number of pyridine rings is 1. The van der Waals surface area contributed by atoms with E-state index in [1.165, 1.54) is 6.33 Å². The number of halogens is 1. The van der Waals surface area contributed by atoms with Crippen molar-refractivity contribution in [3.05, 3.63) is 52.9 Å². The Hall–Kier alpha value is -2.75. The monoisotopic (exact) mass is 482 g/mol. The number of benzene rings is 1. The van der Waals surface area contributed by atoms with Crippen molar-refractivity contribution in [3.8, 4) is 0 Å². The van der Waals surface area contributed by atoms with Crippen LogP contribution >= 0.6 is 15.9 Å². The molecule has 2 unspecified atom stereocenters. The third kappa shape index (κ3) is 3.52. The molecular weight excluding hydrogens is 460 g/mol. The van der Waals surface area contributed by atoms with Gasteiger partial charge in [-0.2, -0.15) is 0 Å². The smallest absolute Gasteiger partial charge is 0.145 e. The molecule has 4 aromatic rings. The Bertz CT molecular complexity index is 1280. The SMILES string of the molecule is Nc1nc2cc(CC[C@H]3C[C@@H](n4ccc5c(N)ncnc54)C(O)C3O)ccc2cc1Br. The van der Waals surface area contributed by atoms with Crippen molar-refractivity contribution in [2.45, 2.75) is 37.5 Å². The highest BCUT2D eigenvalue weighted by molar-refractivity contribution is 9.10. The van der Waals surface area contributed by atoms with E-state index in [0.29, 0.717) is 23.7 Å². The molecule has 0 amide bonds. The average Bonchev–Trinajstić information content (AvgIpc) is 3.30. The van der Waals surface area contributed by atoms with Crippen molar-refractivity contribution < 1.29 is 10.2 Å². The molecule has 8 nitrogen and oxygen atoms in total. The molecule has 9 heteroatoms. The minimum Gasteiger partial charge on any atom is -0.390 e. The summed E-state index contributed by atoms with van der Waals surface area (Å²) >= 11 is 3.41.